The summed E-state index contributed by atoms with van der Waals surface area (Å²) in [6.45, 7) is -1.07. The first-order valence-electron chi connectivity index (χ1n) is 6.35. The molecule has 1 aromatic rings. The molecule has 0 radical (unpaired) electrons. The van der Waals surface area contributed by atoms with E-state index in [4.69, 9.17) is 5.84 Å². The molecule has 9 heteroatoms. The van der Waals surface area contributed by atoms with E-state index in [-0.39, 0.29) is 18.3 Å². The normalized spacial score (nSPS) is 15.3. The fraction of sp³-hybridized carbons (Fsp3) is 0.500. The minimum absolute atomic E-state index is 0.0363. The quantitative estimate of drug-likeness (QED) is 0.479. The molecule has 1 aliphatic rings. The molecular weight excluding hydrogens is 289 g/mol. The molecule has 0 spiro atoms. The molecule has 0 bridgehead atoms. The first kappa shape index (κ1) is 15.5. The van der Waals surface area contributed by atoms with Gasteiger partial charge in [-0.3, -0.25) is 20.9 Å². The molecule has 1 aliphatic carbocycles. The van der Waals surface area contributed by atoms with E-state index in [1.54, 1.807) is 0 Å². The molecule has 0 aromatic heterocycles. The van der Waals surface area contributed by atoms with E-state index >= 15 is 0 Å². The second-order valence-corrected chi connectivity index (χ2v) is 4.99. The Morgan fingerprint density at radius 3 is 2.57 bits per heavy atom. The van der Waals surface area contributed by atoms with Crippen molar-refractivity contribution in [1.82, 2.24) is 4.90 Å². The van der Waals surface area contributed by atoms with Crippen molar-refractivity contribution in [1.29, 1.82) is 0 Å². The van der Waals surface area contributed by atoms with E-state index in [1.807, 2.05) is 0 Å². The summed E-state index contributed by atoms with van der Waals surface area (Å²) in [6, 6.07) is 3.77. The zero-order valence-electron chi connectivity index (χ0n) is 11.1. The van der Waals surface area contributed by atoms with Gasteiger partial charge in [0.15, 0.2) is 0 Å². The zero-order valence-corrected chi connectivity index (χ0v) is 11.1. The van der Waals surface area contributed by atoms with E-state index in [9.17, 15) is 23.3 Å². The summed E-state index contributed by atoms with van der Waals surface area (Å²) in [7, 11) is 0. The predicted molar refractivity (Wildman–Crippen MR) is 70.4 cm³/mol. The number of benzene rings is 1. The summed E-state index contributed by atoms with van der Waals surface area (Å²) in [5.74, 6) is 5.31. The molecule has 0 atom stereocenters. The van der Waals surface area contributed by atoms with Crippen LogP contribution < -0.4 is 11.3 Å². The van der Waals surface area contributed by atoms with Crippen LogP contribution in [0.5, 0.6) is 0 Å². The van der Waals surface area contributed by atoms with Crippen LogP contribution in [-0.2, 0) is 6.54 Å². The molecule has 0 unspecified atom stereocenters. The lowest BCUT2D eigenvalue weighted by atomic mass is 10.1. The minimum Gasteiger partial charge on any atom is -0.324 e. The number of non-ortho nitro benzene ring substituents is 1. The van der Waals surface area contributed by atoms with Gasteiger partial charge in [-0.25, -0.2) is 0 Å². The van der Waals surface area contributed by atoms with Crippen LogP contribution >= 0.6 is 0 Å². The number of nitrogen functional groups attached to an aromatic ring is 1. The first-order chi connectivity index (χ1) is 9.80. The van der Waals surface area contributed by atoms with E-state index in [1.165, 1.54) is 23.1 Å². The molecule has 1 fully saturated rings. The third-order valence-corrected chi connectivity index (χ3v) is 3.27. The van der Waals surface area contributed by atoms with Crippen molar-refractivity contribution in [2.75, 3.05) is 12.0 Å². The standard InChI is InChI=1S/C12H15F3N4O2/c13-12(14,15)7-18(9-1-2-9)6-8-5-10(19(20)21)3-4-11(8)17-16/h3-5,9,17H,1-2,6-7,16H2. The monoisotopic (exact) mass is 304 g/mol. The van der Waals surface area contributed by atoms with Crippen molar-refractivity contribution in [3.8, 4) is 0 Å². The van der Waals surface area contributed by atoms with Gasteiger partial charge in [-0.05, 0) is 24.5 Å². The number of nitro benzene ring substituents is 1. The van der Waals surface area contributed by atoms with E-state index < -0.39 is 17.6 Å². The molecule has 6 nitrogen and oxygen atoms in total. The van der Waals surface area contributed by atoms with Gasteiger partial charge < -0.3 is 5.43 Å². The van der Waals surface area contributed by atoms with Crippen molar-refractivity contribution in [3.63, 3.8) is 0 Å². The predicted octanol–water partition coefficient (Wildman–Crippen LogP) is 2.41. The summed E-state index contributed by atoms with van der Waals surface area (Å²) >= 11 is 0. The third kappa shape index (κ3) is 4.30. The van der Waals surface area contributed by atoms with Crippen LogP contribution in [0.1, 0.15) is 18.4 Å². The molecule has 3 N–H and O–H groups in total. The summed E-state index contributed by atoms with van der Waals surface area (Å²) in [5, 5.41) is 10.8. The van der Waals surface area contributed by atoms with Crippen LogP contribution in [0.2, 0.25) is 0 Å². The fourth-order valence-corrected chi connectivity index (χ4v) is 2.17. The molecule has 1 saturated carbocycles. The number of rotatable bonds is 6. The summed E-state index contributed by atoms with van der Waals surface area (Å²) < 4.78 is 37.8. The number of halogens is 3. The number of anilines is 1. The Morgan fingerprint density at radius 2 is 2.10 bits per heavy atom. The number of nitro groups is 1. The number of nitrogens with zero attached hydrogens (tertiary/aromatic N) is 2. The van der Waals surface area contributed by atoms with Crippen molar-refractivity contribution < 1.29 is 18.1 Å². The van der Waals surface area contributed by atoms with E-state index in [0.717, 1.165) is 0 Å². The number of alkyl halides is 3. The average Bonchev–Trinajstić information content (AvgIpc) is 3.20. The van der Waals surface area contributed by atoms with E-state index in [0.29, 0.717) is 24.1 Å². The Kier molecular flexibility index (Phi) is 4.33. The molecule has 1 aromatic carbocycles. The van der Waals surface area contributed by atoms with Gasteiger partial charge >= 0.3 is 6.18 Å². The van der Waals surface area contributed by atoms with Crippen molar-refractivity contribution >= 4 is 11.4 Å². The zero-order chi connectivity index (χ0) is 15.6. The van der Waals surface area contributed by atoms with Crippen LogP contribution in [0.3, 0.4) is 0 Å². The van der Waals surface area contributed by atoms with Gasteiger partial charge in [0.25, 0.3) is 5.69 Å². The molecule has 116 valence electrons. The molecule has 0 saturated heterocycles. The second kappa shape index (κ2) is 5.86. The Labute approximate surface area is 118 Å². The number of nitrogens with one attached hydrogen (secondary N) is 1. The molecule has 21 heavy (non-hydrogen) atoms. The van der Waals surface area contributed by atoms with Gasteiger partial charge in [-0.15, -0.1) is 0 Å². The van der Waals surface area contributed by atoms with Gasteiger partial charge in [0.1, 0.15) is 0 Å². The smallest absolute Gasteiger partial charge is 0.324 e. The topological polar surface area (TPSA) is 84.4 Å². The summed E-state index contributed by atoms with van der Waals surface area (Å²) in [6.07, 6.45) is -2.90. The Morgan fingerprint density at radius 1 is 1.43 bits per heavy atom. The van der Waals surface area contributed by atoms with Gasteiger partial charge in [0.2, 0.25) is 0 Å². The summed E-state index contributed by atoms with van der Waals surface area (Å²) in [5.41, 5.74) is 2.94. The number of hydrazine groups is 1. The highest BCUT2D eigenvalue weighted by molar-refractivity contribution is 5.55. The minimum atomic E-state index is -4.31. The fourth-order valence-electron chi connectivity index (χ4n) is 2.17. The maximum absolute atomic E-state index is 12.6. The number of hydrogen-bond donors (Lipinski definition) is 2. The van der Waals surface area contributed by atoms with Gasteiger partial charge in [0, 0.05) is 24.7 Å². The van der Waals surface area contributed by atoms with Gasteiger partial charge in [-0.1, -0.05) is 0 Å². The molecule has 2 rings (SSSR count). The lowest BCUT2D eigenvalue weighted by Gasteiger charge is -2.24. The van der Waals surface area contributed by atoms with Crippen molar-refractivity contribution in [2.24, 2.45) is 5.84 Å². The van der Waals surface area contributed by atoms with Crippen LogP contribution in [0.15, 0.2) is 18.2 Å². The van der Waals surface area contributed by atoms with Gasteiger partial charge in [0.05, 0.1) is 17.2 Å². The third-order valence-electron chi connectivity index (χ3n) is 3.27. The maximum atomic E-state index is 12.6. The van der Waals surface area contributed by atoms with Gasteiger partial charge in [-0.2, -0.15) is 13.2 Å². The molecule has 0 amide bonds. The molecular formula is C12H15F3N4O2. The Hall–Kier alpha value is -1.87. The van der Waals surface area contributed by atoms with Crippen LogP contribution in [0, 0.1) is 10.1 Å². The van der Waals surface area contributed by atoms with Crippen molar-refractivity contribution in [2.45, 2.75) is 31.6 Å². The van der Waals surface area contributed by atoms with Crippen LogP contribution in [0.25, 0.3) is 0 Å². The van der Waals surface area contributed by atoms with E-state index in [2.05, 4.69) is 5.43 Å². The second-order valence-electron chi connectivity index (χ2n) is 4.99. The molecule has 0 aliphatic heterocycles. The average molecular weight is 304 g/mol. The Bertz CT molecular complexity index is 532. The summed E-state index contributed by atoms with van der Waals surface area (Å²) in [4.78, 5) is 11.5. The lowest BCUT2D eigenvalue weighted by molar-refractivity contribution is -0.384. The van der Waals surface area contributed by atoms with Crippen LogP contribution in [0.4, 0.5) is 24.5 Å². The van der Waals surface area contributed by atoms with Crippen LogP contribution in [-0.4, -0.2) is 28.6 Å². The molecule has 0 heterocycles. The highest BCUT2D eigenvalue weighted by Crippen LogP contribution is 2.33. The largest absolute Gasteiger partial charge is 0.401 e. The maximum Gasteiger partial charge on any atom is 0.401 e. The number of nitrogens with two attached hydrogens (primary N) is 1. The highest BCUT2D eigenvalue weighted by Gasteiger charge is 2.38. The van der Waals surface area contributed by atoms with Crippen molar-refractivity contribution in [3.05, 3.63) is 33.9 Å². The number of hydrogen-bond acceptors (Lipinski definition) is 5. The lowest BCUT2D eigenvalue weighted by Crippen LogP contribution is -2.35. The first-order valence-corrected chi connectivity index (χ1v) is 6.35. The SMILES string of the molecule is NNc1ccc([N+](=O)[O-])cc1CN(CC(F)(F)F)C1CC1. The Balaban J connectivity index is 2.22. The highest BCUT2D eigenvalue weighted by atomic mass is 19.4.